The summed E-state index contributed by atoms with van der Waals surface area (Å²) in [6.45, 7) is 0.717. The number of rotatable bonds is 4. The van der Waals surface area contributed by atoms with Gasteiger partial charge in [-0.2, -0.15) is 5.26 Å². The minimum absolute atomic E-state index is 0.0582. The van der Waals surface area contributed by atoms with Crippen molar-refractivity contribution >= 4 is 11.4 Å². The Hall–Kier alpha value is -3.79. The highest BCUT2D eigenvalue weighted by molar-refractivity contribution is 5.79. The van der Waals surface area contributed by atoms with E-state index < -0.39 is 4.92 Å². The van der Waals surface area contributed by atoms with E-state index in [1.807, 2.05) is 24.3 Å². The lowest BCUT2D eigenvalue weighted by Crippen LogP contribution is -2.34. The number of nitro benzene ring substituents is 1. The Morgan fingerprint density at radius 3 is 2.48 bits per heavy atom. The fourth-order valence-electron chi connectivity index (χ4n) is 3.98. The number of allylic oxidation sites excluding steroid dienone is 2. The molecule has 4 rings (SSSR count). The van der Waals surface area contributed by atoms with E-state index in [0.29, 0.717) is 17.1 Å². The number of hydrogen-bond donors (Lipinski definition) is 0. The number of methoxy groups -OCH3 is 2. The SMILES string of the molecule is COc1cc2c(cc1OC)C1=C(C#N)C=CC(c3ccc([N+](=O)[O-])cc3)N1CC2. The number of hydrogen-bond acceptors (Lipinski definition) is 6. The van der Waals surface area contributed by atoms with E-state index in [2.05, 4.69) is 11.0 Å². The average molecular weight is 389 g/mol. The van der Waals surface area contributed by atoms with Gasteiger partial charge in [-0.25, -0.2) is 0 Å². The van der Waals surface area contributed by atoms with E-state index in [0.717, 1.165) is 35.4 Å². The number of ether oxygens (including phenoxy) is 2. The Kier molecular flexibility index (Phi) is 4.69. The van der Waals surface area contributed by atoms with Gasteiger partial charge in [0.1, 0.15) is 6.07 Å². The van der Waals surface area contributed by atoms with Gasteiger partial charge in [0.2, 0.25) is 0 Å². The molecule has 0 saturated heterocycles. The standard InChI is InChI=1S/C22H19N3O4/c1-28-20-11-15-9-10-24-19(14-3-6-17(7-4-14)25(26)27)8-5-16(13-23)22(24)18(15)12-21(20)29-2/h3-8,11-12,19H,9-10H2,1-2H3. The summed E-state index contributed by atoms with van der Waals surface area (Å²) in [6, 6.07) is 12.6. The van der Waals surface area contributed by atoms with E-state index in [1.54, 1.807) is 26.4 Å². The van der Waals surface area contributed by atoms with Gasteiger partial charge in [0.25, 0.3) is 5.69 Å². The number of nitro groups is 1. The van der Waals surface area contributed by atoms with Crippen molar-refractivity contribution in [2.24, 2.45) is 0 Å². The van der Waals surface area contributed by atoms with Gasteiger partial charge < -0.3 is 14.4 Å². The third kappa shape index (κ3) is 3.09. The maximum atomic E-state index is 11.0. The van der Waals surface area contributed by atoms with Crippen LogP contribution in [0.4, 0.5) is 5.69 Å². The van der Waals surface area contributed by atoms with Crippen LogP contribution in [-0.2, 0) is 6.42 Å². The molecule has 2 aliphatic rings. The van der Waals surface area contributed by atoms with Crippen molar-refractivity contribution in [2.45, 2.75) is 12.5 Å². The molecule has 0 N–H and O–H groups in total. The molecule has 0 saturated carbocycles. The zero-order valence-corrected chi connectivity index (χ0v) is 16.1. The van der Waals surface area contributed by atoms with Gasteiger partial charge in [-0.1, -0.05) is 6.08 Å². The van der Waals surface area contributed by atoms with Gasteiger partial charge in [0.05, 0.1) is 36.5 Å². The van der Waals surface area contributed by atoms with Gasteiger partial charge in [-0.05, 0) is 47.9 Å². The predicted molar refractivity (Wildman–Crippen MR) is 107 cm³/mol. The Morgan fingerprint density at radius 1 is 1.17 bits per heavy atom. The molecule has 0 aliphatic carbocycles. The summed E-state index contributed by atoms with van der Waals surface area (Å²) in [4.78, 5) is 12.7. The van der Waals surface area contributed by atoms with Crippen LogP contribution in [0.25, 0.3) is 5.70 Å². The molecule has 0 amide bonds. The first-order chi connectivity index (χ1) is 14.1. The lowest BCUT2D eigenvalue weighted by Gasteiger charge is -2.41. The largest absolute Gasteiger partial charge is 0.493 e. The zero-order valence-electron chi connectivity index (χ0n) is 16.1. The molecule has 146 valence electrons. The van der Waals surface area contributed by atoms with Crippen LogP contribution in [0.3, 0.4) is 0 Å². The topological polar surface area (TPSA) is 88.6 Å². The molecule has 0 spiro atoms. The van der Waals surface area contributed by atoms with Crippen molar-refractivity contribution in [3.63, 3.8) is 0 Å². The van der Waals surface area contributed by atoms with E-state index in [9.17, 15) is 15.4 Å². The van der Waals surface area contributed by atoms with Crippen LogP contribution >= 0.6 is 0 Å². The van der Waals surface area contributed by atoms with Crippen LogP contribution in [0.5, 0.6) is 11.5 Å². The monoisotopic (exact) mass is 389 g/mol. The number of benzene rings is 2. The molecule has 2 aromatic rings. The first-order valence-electron chi connectivity index (χ1n) is 9.16. The Bertz CT molecular complexity index is 1080. The summed E-state index contributed by atoms with van der Waals surface area (Å²) in [5.41, 5.74) is 4.46. The number of non-ortho nitro benzene ring substituents is 1. The van der Waals surface area contributed by atoms with E-state index in [1.165, 1.54) is 12.1 Å². The molecule has 0 fully saturated rings. The smallest absolute Gasteiger partial charge is 0.269 e. The van der Waals surface area contributed by atoms with Gasteiger partial charge in [0, 0.05) is 24.2 Å². The normalized spacial score (nSPS) is 17.3. The molecule has 7 heteroatoms. The van der Waals surface area contributed by atoms with Crippen LogP contribution in [0.15, 0.2) is 54.1 Å². The van der Waals surface area contributed by atoms with Crippen molar-refractivity contribution in [1.29, 1.82) is 5.26 Å². The van der Waals surface area contributed by atoms with E-state index in [4.69, 9.17) is 9.47 Å². The highest BCUT2D eigenvalue weighted by Crippen LogP contribution is 2.44. The van der Waals surface area contributed by atoms with Crippen molar-refractivity contribution in [2.75, 3.05) is 20.8 Å². The van der Waals surface area contributed by atoms with Gasteiger partial charge in [-0.15, -0.1) is 0 Å². The molecule has 1 atom stereocenters. The van der Waals surface area contributed by atoms with Gasteiger partial charge >= 0.3 is 0 Å². The minimum Gasteiger partial charge on any atom is -0.493 e. The lowest BCUT2D eigenvalue weighted by molar-refractivity contribution is -0.384. The molecule has 29 heavy (non-hydrogen) atoms. The molecule has 1 unspecified atom stereocenters. The van der Waals surface area contributed by atoms with Gasteiger partial charge in [-0.3, -0.25) is 10.1 Å². The van der Waals surface area contributed by atoms with E-state index >= 15 is 0 Å². The quantitative estimate of drug-likeness (QED) is 0.580. The maximum absolute atomic E-state index is 11.0. The maximum Gasteiger partial charge on any atom is 0.269 e. The molecule has 7 nitrogen and oxygen atoms in total. The van der Waals surface area contributed by atoms with Crippen molar-refractivity contribution < 1.29 is 14.4 Å². The second kappa shape index (κ2) is 7.32. The molecule has 0 bridgehead atoms. The summed E-state index contributed by atoms with van der Waals surface area (Å²) >= 11 is 0. The highest BCUT2D eigenvalue weighted by atomic mass is 16.6. The summed E-state index contributed by atoms with van der Waals surface area (Å²) in [7, 11) is 3.19. The van der Waals surface area contributed by atoms with Crippen molar-refractivity contribution in [1.82, 2.24) is 4.90 Å². The number of nitrogens with zero attached hydrogens (tertiary/aromatic N) is 3. The molecule has 2 heterocycles. The minimum atomic E-state index is -0.406. The fourth-order valence-corrected chi connectivity index (χ4v) is 3.98. The Morgan fingerprint density at radius 2 is 1.86 bits per heavy atom. The first-order valence-corrected chi connectivity index (χ1v) is 9.16. The average Bonchev–Trinajstić information content (AvgIpc) is 2.77. The summed E-state index contributed by atoms with van der Waals surface area (Å²) in [6.07, 6.45) is 4.58. The number of fused-ring (bicyclic) bond motifs is 3. The van der Waals surface area contributed by atoms with Gasteiger partial charge in [0.15, 0.2) is 11.5 Å². The van der Waals surface area contributed by atoms with Crippen LogP contribution < -0.4 is 9.47 Å². The molecule has 2 aliphatic heterocycles. The first kappa shape index (κ1) is 18.6. The second-order valence-corrected chi connectivity index (χ2v) is 6.83. The fraction of sp³-hybridized carbons (Fsp3) is 0.227. The Labute approximate surface area is 168 Å². The molecular formula is C22H19N3O4. The molecule has 2 aromatic carbocycles. The molecule has 0 radical (unpaired) electrons. The molecule has 0 aromatic heterocycles. The summed E-state index contributed by atoms with van der Waals surface area (Å²) in [5, 5.41) is 20.7. The van der Waals surface area contributed by atoms with Crippen molar-refractivity contribution in [3.8, 4) is 17.6 Å². The zero-order chi connectivity index (χ0) is 20.5. The molecular weight excluding hydrogens is 370 g/mol. The lowest BCUT2D eigenvalue weighted by atomic mass is 9.88. The summed E-state index contributed by atoms with van der Waals surface area (Å²) < 4.78 is 10.9. The highest BCUT2D eigenvalue weighted by Gasteiger charge is 2.32. The Balaban J connectivity index is 1.80. The van der Waals surface area contributed by atoms with Crippen LogP contribution in [0, 0.1) is 21.4 Å². The van der Waals surface area contributed by atoms with Crippen LogP contribution in [-0.4, -0.2) is 30.6 Å². The van der Waals surface area contributed by atoms with Crippen LogP contribution in [0.2, 0.25) is 0 Å². The second-order valence-electron chi connectivity index (χ2n) is 6.83. The number of nitriles is 1. The van der Waals surface area contributed by atoms with Crippen molar-refractivity contribution in [3.05, 3.63) is 80.9 Å². The third-order valence-electron chi connectivity index (χ3n) is 5.38. The summed E-state index contributed by atoms with van der Waals surface area (Å²) in [5.74, 6) is 1.27. The third-order valence-corrected chi connectivity index (χ3v) is 5.38. The van der Waals surface area contributed by atoms with E-state index in [-0.39, 0.29) is 11.7 Å². The van der Waals surface area contributed by atoms with Crippen LogP contribution in [0.1, 0.15) is 22.7 Å². The predicted octanol–water partition coefficient (Wildman–Crippen LogP) is 4.02.